The highest BCUT2D eigenvalue weighted by Crippen LogP contribution is 2.17. The topological polar surface area (TPSA) is 62.7 Å². The molecule has 0 aliphatic carbocycles. The minimum Gasteiger partial charge on any atom is -0.334 e. The fourth-order valence-corrected chi connectivity index (χ4v) is 1.14. The quantitative estimate of drug-likeness (QED) is 0.748. The average molecular weight is 203 g/mol. The minimum atomic E-state index is -0.368. The number of hydrogen-bond donors (Lipinski definition) is 0. The number of rotatable bonds is 2. The van der Waals surface area contributed by atoms with Gasteiger partial charge in [0.1, 0.15) is 5.82 Å². The minimum absolute atomic E-state index is 0.0822. The van der Waals surface area contributed by atoms with Crippen molar-refractivity contribution in [2.45, 2.75) is 6.42 Å². The maximum Gasteiger partial charge on any atom is 0.258 e. The zero-order chi connectivity index (χ0) is 10.7. The lowest BCUT2D eigenvalue weighted by Gasteiger charge is -1.92. The summed E-state index contributed by atoms with van der Waals surface area (Å²) in [5, 5.41) is 12.0. The van der Waals surface area contributed by atoms with Crippen molar-refractivity contribution in [1.82, 2.24) is 10.1 Å². The third-order valence-electron chi connectivity index (χ3n) is 1.78. The lowest BCUT2D eigenvalue weighted by atomic mass is 10.2. The van der Waals surface area contributed by atoms with Crippen LogP contribution in [-0.4, -0.2) is 10.1 Å². The molecule has 0 amide bonds. The number of hydrogen-bond acceptors (Lipinski definition) is 4. The summed E-state index contributed by atoms with van der Waals surface area (Å²) in [4.78, 5) is 3.94. The molecule has 0 saturated carbocycles. The Morgan fingerprint density at radius 1 is 1.47 bits per heavy atom. The maximum absolute atomic E-state index is 12.9. The molecule has 2 aromatic rings. The van der Waals surface area contributed by atoms with Crippen LogP contribution < -0.4 is 0 Å². The molecule has 0 fully saturated rings. The predicted molar refractivity (Wildman–Crippen MR) is 49.0 cm³/mol. The summed E-state index contributed by atoms with van der Waals surface area (Å²) in [6, 6.07) is 7.74. The lowest BCUT2D eigenvalue weighted by molar-refractivity contribution is 0.424. The van der Waals surface area contributed by atoms with Crippen LogP contribution in [-0.2, 0) is 6.42 Å². The van der Waals surface area contributed by atoms with Gasteiger partial charge in [0.05, 0.1) is 12.5 Å². The van der Waals surface area contributed by atoms with Crippen LogP contribution in [0.15, 0.2) is 28.8 Å². The van der Waals surface area contributed by atoms with Gasteiger partial charge < -0.3 is 4.52 Å². The number of halogens is 1. The standard InChI is InChI=1S/C10H6FN3O/c11-8-3-1-2-7(6-8)10-13-9(4-5-12)14-15-10/h1-3,6H,4H2. The summed E-state index contributed by atoms with van der Waals surface area (Å²) in [6.07, 6.45) is 0.0822. The molecule has 74 valence electrons. The normalized spacial score (nSPS) is 9.87. The molecule has 1 aromatic heterocycles. The molecule has 1 aromatic carbocycles. The highest BCUT2D eigenvalue weighted by Gasteiger charge is 2.08. The van der Waals surface area contributed by atoms with Crippen LogP contribution in [0.3, 0.4) is 0 Å². The zero-order valence-corrected chi connectivity index (χ0v) is 7.64. The number of aromatic nitrogens is 2. The van der Waals surface area contributed by atoms with Crippen molar-refractivity contribution in [2.24, 2.45) is 0 Å². The van der Waals surface area contributed by atoms with Crippen molar-refractivity contribution in [3.05, 3.63) is 35.9 Å². The van der Waals surface area contributed by atoms with Crippen LogP contribution in [0.5, 0.6) is 0 Å². The first-order chi connectivity index (χ1) is 7.29. The van der Waals surface area contributed by atoms with Gasteiger partial charge in [0.15, 0.2) is 5.82 Å². The van der Waals surface area contributed by atoms with E-state index < -0.39 is 0 Å². The Kier molecular flexibility index (Phi) is 2.42. The molecule has 0 bridgehead atoms. The molecule has 4 nitrogen and oxygen atoms in total. The first-order valence-electron chi connectivity index (χ1n) is 4.25. The van der Waals surface area contributed by atoms with E-state index in [0.717, 1.165) is 0 Å². The van der Waals surface area contributed by atoms with E-state index in [1.165, 1.54) is 12.1 Å². The van der Waals surface area contributed by atoms with Crippen LogP contribution in [0.25, 0.3) is 11.5 Å². The zero-order valence-electron chi connectivity index (χ0n) is 7.64. The van der Waals surface area contributed by atoms with Gasteiger partial charge in [-0.1, -0.05) is 11.2 Å². The number of benzene rings is 1. The Bertz CT molecular complexity index is 515. The van der Waals surface area contributed by atoms with E-state index in [2.05, 4.69) is 10.1 Å². The third kappa shape index (κ3) is 1.99. The van der Waals surface area contributed by atoms with E-state index in [0.29, 0.717) is 11.4 Å². The highest BCUT2D eigenvalue weighted by molar-refractivity contribution is 5.52. The van der Waals surface area contributed by atoms with Crippen molar-refractivity contribution in [3.63, 3.8) is 0 Å². The van der Waals surface area contributed by atoms with Crippen molar-refractivity contribution in [3.8, 4) is 17.5 Å². The van der Waals surface area contributed by atoms with Gasteiger partial charge in [-0.05, 0) is 18.2 Å². The van der Waals surface area contributed by atoms with Gasteiger partial charge in [-0.15, -0.1) is 0 Å². The van der Waals surface area contributed by atoms with Crippen LogP contribution in [0.4, 0.5) is 4.39 Å². The summed E-state index contributed by atoms with van der Waals surface area (Å²) < 4.78 is 17.7. The first-order valence-corrected chi connectivity index (χ1v) is 4.25. The molecule has 0 spiro atoms. The summed E-state index contributed by atoms with van der Waals surface area (Å²) in [5.74, 6) is 0.157. The van der Waals surface area contributed by atoms with E-state index in [4.69, 9.17) is 9.78 Å². The molecule has 0 N–H and O–H groups in total. The van der Waals surface area contributed by atoms with E-state index >= 15 is 0 Å². The molecule has 0 atom stereocenters. The van der Waals surface area contributed by atoms with Gasteiger partial charge in [-0.3, -0.25) is 0 Å². The fraction of sp³-hybridized carbons (Fsp3) is 0.100. The molecule has 15 heavy (non-hydrogen) atoms. The lowest BCUT2D eigenvalue weighted by Crippen LogP contribution is -1.84. The largest absolute Gasteiger partial charge is 0.334 e. The molecule has 0 aliphatic heterocycles. The Balaban J connectivity index is 2.34. The molecule has 0 aliphatic rings. The van der Waals surface area contributed by atoms with Gasteiger partial charge in [0.25, 0.3) is 5.89 Å². The van der Waals surface area contributed by atoms with Gasteiger partial charge in [0, 0.05) is 5.56 Å². The van der Waals surface area contributed by atoms with Gasteiger partial charge in [0.2, 0.25) is 0 Å². The second kappa shape index (κ2) is 3.88. The average Bonchev–Trinajstić information content (AvgIpc) is 2.67. The van der Waals surface area contributed by atoms with E-state index in [-0.39, 0.29) is 18.1 Å². The van der Waals surface area contributed by atoms with Crippen LogP contribution >= 0.6 is 0 Å². The second-order valence-corrected chi connectivity index (χ2v) is 2.86. The summed E-state index contributed by atoms with van der Waals surface area (Å²) in [7, 11) is 0. The Labute approximate surface area is 85.0 Å². The first kappa shape index (κ1) is 9.34. The smallest absolute Gasteiger partial charge is 0.258 e. The molecule has 2 rings (SSSR count). The Hall–Kier alpha value is -2.22. The second-order valence-electron chi connectivity index (χ2n) is 2.86. The van der Waals surface area contributed by atoms with Gasteiger partial charge in [-0.2, -0.15) is 10.2 Å². The summed E-state index contributed by atoms with van der Waals surface area (Å²) in [5.41, 5.74) is 0.506. The van der Waals surface area contributed by atoms with Crippen molar-refractivity contribution in [2.75, 3.05) is 0 Å². The summed E-state index contributed by atoms with van der Waals surface area (Å²) >= 11 is 0. The fourth-order valence-electron chi connectivity index (χ4n) is 1.14. The van der Waals surface area contributed by atoms with Crippen molar-refractivity contribution >= 4 is 0 Å². The van der Waals surface area contributed by atoms with Crippen molar-refractivity contribution < 1.29 is 8.91 Å². The van der Waals surface area contributed by atoms with E-state index in [9.17, 15) is 4.39 Å². The number of nitrogens with zero attached hydrogens (tertiary/aromatic N) is 3. The SMILES string of the molecule is N#CCc1noc(-c2cccc(F)c2)n1. The van der Waals surface area contributed by atoms with Gasteiger partial charge in [-0.25, -0.2) is 4.39 Å². The molecule has 5 heteroatoms. The van der Waals surface area contributed by atoms with E-state index in [1.807, 2.05) is 6.07 Å². The Morgan fingerprint density at radius 3 is 3.07 bits per heavy atom. The maximum atomic E-state index is 12.9. The van der Waals surface area contributed by atoms with E-state index in [1.54, 1.807) is 12.1 Å². The van der Waals surface area contributed by atoms with Crippen LogP contribution in [0, 0.1) is 17.1 Å². The monoisotopic (exact) mass is 203 g/mol. The third-order valence-corrected chi connectivity index (χ3v) is 1.78. The molecule has 0 saturated heterocycles. The summed E-state index contributed by atoms with van der Waals surface area (Å²) in [6.45, 7) is 0. The Morgan fingerprint density at radius 2 is 2.33 bits per heavy atom. The predicted octanol–water partition coefficient (Wildman–Crippen LogP) is 1.94. The molecule has 0 unspecified atom stereocenters. The van der Waals surface area contributed by atoms with Crippen molar-refractivity contribution in [1.29, 1.82) is 5.26 Å². The van der Waals surface area contributed by atoms with Gasteiger partial charge >= 0.3 is 0 Å². The molecule has 0 radical (unpaired) electrons. The molecule has 1 heterocycles. The van der Waals surface area contributed by atoms with Crippen LogP contribution in [0.2, 0.25) is 0 Å². The molecular weight excluding hydrogens is 197 g/mol. The van der Waals surface area contributed by atoms with Crippen LogP contribution in [0.1, 0.15) is 5.82 Å². The highest BCUT2D eigenvalue weighted by atomic mass is 19.1. The number of nitriles is 1. The molecular formula is C10H6FN3O.